The maximum absolute atomic E-state index is 12.3. The SMILES string of the molecule is CN(C(=O)Cc1cccnc1)c1nc2c(s1)CCCC2. The fourth-order valence-corrected chi connectivity index (χ4v) is 3.51. The number of anilines is 1. The van der Waals surface area contributed by atoms with E-state index in [4.69, 9.17) is 0 Å². The molecule has 2 aromatic heterocycles. The van der Waals surface area contributed by atoms with Gasteiger partial charge in [-0.25, -0.2) is 4.98 Å². The minimum Gasteiger partial charge on any atom is -0.291 e. The number of amides is 1. The van der Waals surface area contributed by atoms with Gasteiger partial charge in [0, 0.05) is 24.3 Å². The van der Waals surface area contributed by atoms with E-state index in [0.717, 1.165) is 23.5 Å². The fraction of sp³-hybridized carbons (Fsp3) is 0.400. The first-order valence-corrected chi connectivity index (χ1v) is 7.70. The second kappa shape index (κ2) is 5.71. The van der Waals surface area contributed by atoms with Crippen LogP contribution in [0.15, 0.2) is 24.5 Å². The van der Waals surface area contributed by atoms with Crippen molar-refractivity contribution in [2.75, 3.05) is 11.9 Å². The van der Waals surface area contributed by atoms with Gasteiger partial charge in [-0.2, -0.15) is 0 Å². The summed E-state index contributed by atoms with van der Waals surface area (Å²) in [6.07, 6.45) is 8.43. The standard InChI is InChI=1S/C15H17N3OS/c1-18(14(19)9-11-5-4-8-16-10-11)15-17-12-6-2-3-7-13(12)20-15/h4-5,8,10H,2-3,6-7,9H2,1H3. The van der Waals surface area contributed by atoms with Gasteiger partial charge < -0.3 is 0 Å². The van der Waals surface area contributed by atoms with Crippen molar-refractivity contribution in [3.63, 3.8) is 0 Å². The lowest BCUT2D eigenvalue weighted by Crippen LogP contribution is -2.27. The number of carbonyl (C=O) groups is 1. The first-order chi connectivity index (χ1) is 9.74. The van der Waals surface area contributed by atoms with Crippen LogP contribution in [0.1, 0.15) is 29.0 Å². The summed E-state index contributed by atoms with van der Waals surface area (Å²) in [5, 5.41) is 0.825. The Morgan fingerprint density at radius 2 is 2.25 bits per heavy atom. The van der Waals surface area contributed by atoms with Crippen LogP contribution in [0.2, 0.25) is 0 Å². The summed E-state index contributed by atoms with van der Waals surface area (Å²) in [4.78, 5) is 24.0. The van der Waals surface area contributed by atoms with Crippen LogP contribution in [0, 0.1) is 0 Å². The summed E-state index contributed by atoms with van der Waals surface area (Å²) in [7, 11) is 1.81. The van der Waals surface area contributed by atoms with E-state index in [-0.39, 0.29) is 5.91 Å². The van der Waals surface area contributed by atoms with Crippen molar-refractivity contribution in [2.24, 2.45) is 0 Å². The number of thiazole rings is 1. The van der Waals surface area contributed by atoms with Crippen molar-refractivity contribution < 1.29 is 4.79 Å². The molecule has 0 atom stereocenters. The summed E-state index contributed by atoms with van der Waals surface area (Å²) >= 11 is 1.66. The molecule has 0 fully saturated rings. The maximum Gasteiger partial charge on any atom is 0.232 e. The van der Waals surface area contributed by atoms with Gasteiger partial charge >= 0.3 is 0 Å². The third-order valence-electron chi connectivity index (χ3n) is 3.57. The molecule has 0 spiro atoms. The Morgan fingerprint density at radius 1 is 1.40 bits per heavy atom. The Balaban J connectivity index is 1.73. The molecule has 2 aromatic rings. The normalized spacial score (nSPS) is 13.8. The molecular weight excluding hydrogens is 270 g/mol. The van der Waals surface area contributed by atoms with E-state index in [9.17, 15) is 4.79 Å². The van der Waals surface area contributed by atoms with Crippen molar-refractivity contribution in [1.29, 1.82) is 0 Å². The van der Waals surface area contributed by atoms with Gasteiger partial charge in [0.15, 0.2) is 5.13 Å². The highest BCUT2D eigenvalue weighted by Crippen LogP contribution is 2.31. The van der Waals surface area contributed by atoms with E-state index in [2.05, 4.69) is 9.97 Å². The van der Waals surface area contributed by atoms with Crippen LogP contribution in [0.25, 0.3) is 0 Å². The lowest BCUT2D eigenvalue weighted by Gasteiger charge is -2.13. The van der Waals surface area contributed by atoms with Gasteiger partial charge in [-0.05, 0) is 37.3 Å². The molecule has 0 radical (unpaired) electrons. The zero-order valence-corrected chi connectivity index (χ0v) is 12.3. The van der Waals surface area contributed by atoms with Crippen LogP contribution in [0.5, 0.6) is 0 Å². The van der Waals surface area contributed by atoms with Crippen LogP contribution in [-0.2, 0) is 24.1 Å². The summed E-state index contributed by atoms with van der Waals surface area (Å²) in [5.74, 6) is 0.0593. The largest absolute Gasteiger partial charge is 0.291 e. The molecule has 1 aliphatic carbocycles. The van der Waals surface area contributed by atoms with Gasteiger partial charge in [-0.3, -0.25) is 14.7 Å². The summed E-state index contributed by atoms with van der Waals surface area (Å²) in [6, 6.07) is 3.77. The van der Waals surface area contributed by atoms with Crippen molar-refractivity contribution in [3.05, 3.63) is 40.7 Å². The average Bonchev–Trinajstić information content (AvgIpc) is 2.91. The number of aryl methyl sites for hydroxylation is 2. The van der Waals surface area contributed by atoms with E-state index in [1.807, 2.05) is 19.2 Å². The zero-order chi connectivity index (χ0) is 13.9. The number of fused-ring (bicyclic) bond motifs is 1. The molecule has 3 rings (SSSR count). The highest BCUT2D eigenvalue weighted by Gasteiger charge is 2.20. The number of pyridine rings is 1. The molecule has 0 saturated carbocycles. The number of nitrogens with zero attached hydrogens (tertiary/aromatic N) is 3. The molecule has 0 aromatic carbocycles. The Bertz CT molecular complexity index is 585. The van der Waals surface area contributed by atoms with Crippen LogP contribution in [-0.4, -0.2) is 22.9 Å². The molecular formula is C15H17N3OS. The fourth-order valence-electron chi connectivity index (χ4n) is 2.38. The monoisotopic (exact) mass is 287 g/mol. The molecule has 0 bridgehead atoms. The first kappa shape index (κ1) is 13.2. The molecule has 1 amide bonds. The summed E-state index contributed by atoms with van der Waals surface area (Å²) in [6.45, 7) is 0. The Labute approximate surface area is 122 Å². The first-order valence-electron chi connectivity index (χ1n) is 6.88. The van der Waals surface area contributed by atoms with Crippen LogP contribution >= 0.6 is 11.3 Å². The van der Waals surface area contributed by atoms with E-state index >= 15 is 0 Å². The number of carbonyl (C=O) groups excluding carboxylic acids is 1. The van der Waals surface area contributed by atoms with Gasteiger partial charge in [0.2, 0.25) is 5.91 Å². The second-order valence-electron chi connectivity index (χ2n) is 5.06. The topological polar surface area (TPSA) is 46.1 Å². The predicted octanol–water partition coefficient (Wildman–Crippen LogP) is 2.62. The van der Waals surface area contributed by atoms with E-state index < -0.39 is 0 Å². The van der Waals surface area contributed by atoms with E-state index in [0.29, 0.717) is 6.42 Å². The number of aromatic nitrogens is 2. The van der Waals surface area contributed by atoms with Crippen molar-refractivity contribution in [1.82, 2.24) is 9.97 Å². The highest BCUT2D eigenvalue weighted by atomic mass is 32.1. The molecule has 0 aliphatic heterocycles. The maximum atomic E-state index is 12.3. The van der Waals surface area contributed by atoms with Crippen molar-refractivity contribution in [3.8, 4) is 0 Å². The number of hydrogen-bond donors (Lipinski definition) is 0. The van der Waals surface area contributed by atoms with Gasteiger partial charge in [0.05, 0.1) is 12.1 Å². The number of rotatable bonds is 3. The summed E-state index contributed by atoms with van der Waals surface area (Å²) in [5.41, 5.74) is 2.13. The second-order valence-corrected chi connectivity index (χ2v) is 6.13. The summed E-state index contributed by atoms with van der Waals surface area (Å²) < 4.78 is 0. The molecule has 5 heteroatoms. The van der Waals surface area contributed by atoms with Gasteiger partial charge in [-0.1, -0.05) is 6.07 Å². The van der Waals surface area contributed by atoms with Crippen LogP contribution in [0.4, 0.5) is 5.13 Å². The molecule has 4 nitrogen and oxygen atoms in total. The lowest BCUT2D eigenvalue weighted by atomic mass is 10.0. The van der Waals surface area contributed by atoms with Crippen molar-refractivity contribution in [2.45, 2.75) is 32.1 Å². The minimum absolute atomic E-state index is 0.0593. The molecule has 104 valence electrons. The molecule has 0 N–H and O–H groups in total. The number of likely N-dealkylation sites (N-methyl/N-ethyl adjacent to an activating group) is 1. The number of hydrogen-bond acceptors (Lipinski definition) is 4. The molecule has 0 unspecified atom stereocenters. The third-order valence-corrected chi connectivity index (χ3v) is 4.81. The molecule has 20 heavy (non-hydrogen) atoms. The van der Waals surface area contributed by atoms with Crippen LogP contribution < -0.4 is 4.90 Å². The van der Waals surface area contributed by atoms with Crippen molar-refractivity contribution >= 4 is 22.4 Å². The van der Waals surface area contributed by atoms with Crippen LogP contribution in [0.3, 0.4) is 0 Å². The lowest BCUT2D eigenvalue weighted by molar-refractivity contribution is -0.117. The molecule has 1 aliphatic rings. The predicted molar refractivity (Wildman–Crippen MR) is 80.1 cm³/mol. The molecule has 2 heterocycles. The zero-order valence-electron chi connectivity index (χ0n) is 11.5. The smallest absolute Gasteiger partial charge is 0.232 e. The van der Waals surface area contributed by atoms with E-state index in [1.54, 1.807) is 28.6 Å². The quantitative estimate of drug-likeness (QED) is 0.872. The van der Waals surface area contributed by atoms with Gasteiger partial charge in [-0.15, -0.1) is 11.3 Å². The third kappa shape index (κ3) is 2.72. The molecule has 0 saturated heterocycles. The Kier molecular flexibility index (Phi) is 3.78. The Morgan fingerprint density at radius 3 is 3.00 bits per heavy atom. The average molecular weight is 287 g/mol. The Hall–Kier alpha value is -1.75. The van der Waals surface area contributed by atoms with Gasteiger partial charge in [0.1, 0.15) is 0 Å². The van der Waals surface area contributed by atoms with Gasteiger partial charge in [0.25, 0.3) is 0 Å². The minimum atomic E-state index is 0.0593. The van der Waals surface area contributed by atoms with E-state index in [1.165, 1.54) is 23.4 Å². The highest BCUT2D eigenvalue weighted by molar-refractivity contribution is 7.15.